The molecule has 15 nitrogen and oxygen atoms in total. The average molecular weight is 733 g/mol. The molecular formula is C35H52N6O9S. The van der Waals surface area contributed by atoms with Crippen LogP contribution in [0.5, 0.6) is 0 Å². The van der Waals surface area contributed by atoms with E-state index in [0.717, 1.165) is 41.1 Å². The smallest absolute Gasteiger partial charge is 0.410 e. The first kappa shape index (κ1) is 38.3. The van der Waals surface area contributed by atoms with Crippen molar-refractivity contribution in [3.63, 3.8) is 0 Å². The van der Waals surface area contributed by atoms with Crippen LogP contribution >= 0.6 is 0 Å². The zero-order valence-electron chi connectivity index (χ0n) is 30.2. The molecule has 0 bridgehead atoms. The van der Waals surface area contributed by atoms with Gasteiger partial charge in [0, 0.05) is 33.1 Å². The van der Waals surface area contributed by atoms with E-state index >= 15 is 0 Å². The maximum absolute atomic E-state index is 14.3. The second-order valence-electron chi connectivity index (χ2n) is 15.1. The maximum atomic E-state index is 14.3. The highest BCUT2D eigenvalue weighted by Gasteiger charge is 2.62. The lowest BCUT2D eigenvalue weighted by Crippen LogP contribution is -2.59. The molecule has 3 heterocycles. The van der Waals surface area contributed by atoms with E-state index in [4.69, 9.17) is 9.47 Å². The molecule has 0 spiro atoms. The minimum Gasteiger partial charge on any atom is -0.444 e. The monoisotopic (exact) mass is 732 g/mol. The first-order chi connectivity index (χ1) is 24.0. The predicted molar refractivity (Wildman–Crippen MR) is 186 cm³/mol. The first-order valence-corrected chi connectivity index (χ1v) is 19.4. The molecule has 51 heavy (non-hydrogen) atoms. The molecule has 5 amide bonds. The zero-order chi connectivity index (χ0) is 37.1. The van der Waals surface area contributed by atoms with Gasteiger partial charge >= 0.3 is 22.4 Å². The number of carbonyl (C=O) groups excluding carboxylic acids is 5. The Kier molecular flexibility index (Phi) is 11.5. The SMILES string of the molecule is CCN(C)S(=O)(=O)NC(=O)[C@@]12C[C@H]1CCCCCCC[C@H](NC(=O)OC(C)(C)C)C(=O)N1C[C@H](OC(=O)N3Cc4ccccc4C3)C[C@H]1C(=O)N2. The molecule has 1 aromatic rings. The van der Waals surface area contributed by atoms with Gasteiger partial charge in [0.2, 0.25) is 11.8 Å². The number of amides is 5. The summed E-state index contributed by atoms with van der Waals surface area (Å²) in [6, 6.07) is 5.49. The summed E-state index contributed by atoms with van der Waals surface area (Å²) in [7, 11) is -2.81. The largest absolute Gasteiger partial charge is 0.444 e. The third-order valence-corrected chi connectivity index (χ3v) is 11.7. The molecule has 5 atom stereocenters. The van der Waals surface area contributed by atoms with E-state index < -0.39 is 69.4 Å². The van der Waals surface area contributed by atoms with E-state index in [2.05, 4.69) is 15.4 Å². The summed E-state index contributed by atoms with van der Waals surface area (Å²) in [5.74, 6) is -2.34. The van der Waals surface area contributed by atoms with Crippen molar-refractivity contribution in [1.29, 1.82) is 0 Å². The van der Waals surface area contributed by atoms with Crippen LogP contribution < -0.4 is 15.4 Å². The molecule has 1 aliphatic carbocycles. The molecule has 4 aliphatic rings. The van der Waals surface area contributed by atoms with E-state index in [9.17, 15) is 32.4 Å². The fourth-order valence-electron chi connectivity index (χ4n) is 7.16. The van der Waals surface area contributed by atoms with Gasteiger partial charge in [-0.15, -0.1) is 0 Å². The van der Waals surface area contributed by atoms with Crippen LogP contribution in [0.15, 0.2) is 24.3 Å². The van der Waals surface area contributed by atoms with Crippen molar-refractivity contribution in [2.24, 2.45) is 5.92 Å². The van der Waals surface area contributed by atoms with Gasteiger partial charge in [-0.05, 0) is 57.1 Å². The van der Waals surface area contributed by atoms with Gasteiger partial charge in [0.05, 0.1) is 6.54 Å². The number of fused-ring (bicyclic) bond motifs is 3. The molecule has 3 N–H and O–H groups in total. The Labute approximate surface area is 300 Å². The van der Waals surface area contributed by atoms with Crippen LogP contribution in [0.1, 0.15) is 96.6 Å². The number of nitrogens with zero attached hydrogens (tertiary/aromatic N) is 3. The molecule has 3 fully saturated rings. The Morgan fingerprint density at radius 1 is 1.02 bits per heavy atom. The molecule has 16 heteroatoms. The topological polar surface area (TPSA) is 184 Å². The van der Waals surface area contributed by atoms with Crippen molar-refractivity contribution in [2.75, 3.05) is 20.1 Å². The number of rotatable bonds is 6. The molecule has 282 valence electrons. The summed E-state index contributed by atoms with van der Waals surface area (Å²) in [4.78, 5) is 71.3. The number of nitrogens with one attached hydrogen (secondary N) is 3. The van der Waals surface area contributed by atoms with Crippen LogP contribution in [-0.4, -0.2) is 102 Å². The van der Waals surface area contributed by atoms with Crippen molar-refractivity contribution < 1.29 is 41.9 Å². The Bertz CT molecular complexity index is 1590. The van der Waals surface area contributed by atoms with Gasteiger partial charge < -0.3 is 25.0 Å². The Morgan fingerprint density at radius 3 is 2.27 bits per heavy atom. The summed E-state index contributed by atoms with van der Waals surface area (Å²) < 4.78 is 40.2. The molecule has 3 aliphatic heterocycles. The lowest BCUT2D eigenvalue weighted by Gasteiger charge is -2.30. The number of alkyl carbamates (subject to hydrolysis) is 1. The lowest BCUT2D eigenvalue weighted by atomic mass is 10.0. The number of ether oxygens (including phenoxy) is 2. The molecular weight excluding hydrogens is 680 g/mol. The maximum Gasteiger partial charge on any atom is 0.410 e. The quantitative estimate of drug-likeness (QED) is 0.396. The van der Waals surface area contributed by atoms with Gasteiger partial charge in [0.15, 0.2) is 0 Å². The van der Waals surface area contributed by atoms with Gasteiger partial charge in [0.1, 0.15) is 29.3 Å². The second kappa shape index (κ2) is 15.4. The van der Waals surface area contributed by atoms with Crippen molar-refractivity contribution in [3.8, 4) is 0 Å². The third kappa shape index (κ3) is 9.12. The highest BCUT2D eigenvalue weighted by atomic mass is 32.2. The van der Waals surface area contributed by atoms with Crippen LogP contribution in [0, 0.1) is 5.92 Å². The minimum atomic E-state index is -4.16. The third-order valence-electron chi connectivity index (χ3n) is 10.2. The van der Waals surface area contributed by atoms with E-state index in [1.165, 1.54) is 11.9 Å². The highest BCUT2D eigenvalue weighted by Crippen LogP contribution is 2.48. The molecule has 5 rings (SSSR count). The zero-order valence-corrected chi connectivity index (χ0v) is 31.1. The minimum absolute atomic E-state index is 0.0531. The van der Waals surface area contributed by atoms with Gasteiger partial charge in [-0.1, -0.05) is 63.3 Å². The summed E-state index contributed by atoms with van der Waals surface area (Å²) in [5, 5.41) is 5.55. The standard InChI is InChI=1S/C35H52N6O9S/c1-6-39(5)51(47,48)38-31(44)35-19-25(35)16-10-8-7-9-11-17-27(36-32(45)50-34(2,3)4)30(43)41-22-26(18-28(41)29(42)37-35)49-33(46)40-20-23-14-12-13-15-24(23)21-40/h12-15,25-28H,6-11,16-22H2,1-5H3,(H,36,45)(H,37,42)(H,38,44)/t25-,26-,27+,28+,35-/m1/s1. The van der Waals surface area contributed by atoms with Gasteiger partial charge in [-0.2, -0.15) is 12.7 Å². The normalized spacial score (nSPS) is 27.3. The van der Waals surface area contributed by atoms with Crippen LogP contribution in [0.2, 0.25) is 0 Å². The average Bonchev–Trinajstić information content (AvgIpc) is 3.36. The Morgan fingerprint density at radius 2 is 1.65 bits per heavy atom. The van der Waals surface area contributed by atoms with Crippen LogP contribution in [-0.2, 0) is 47.2 Å². The summed E-state index contributed by atoms with van der Waals surface area (Å²) in [6.45, 7) is 7.53. The van der Waals surface area contributed by atoms with E-state index in [-0.39, 0.29) is 31.8 Å². The molecule has 1 saturated carbocycles. The van der Waals surface area contributed by atoms with E-state index in [1.54, 1.807) is 32.6 Å². The number of hydrogen-bond acceptors (Lipinski definition) is 9. The second-order valence-corrected chi connectivity index (χ2v) is 16.9. The molecule has 0 unspecified atom stereocenters. The van der Waals surface area contributed by atoms with E-state index in [1.807, 2.05) is 24.3 Å². The fourth-order valence-corrected chi connectivity index (χ4v) is 8.07. The summed E-state index contributed by atoms with van der Waals surface area (Å²) >= 11 is 0. The summed E-state index contributed by atoms with van der Waals surface area (Å²) in [6.07, 6.45) is 2.76. The number of carbonyl (C=O) groups is 5. The van der Waals surface area contributed by atoms with Gasteiger partial charge in [-0.25, -0.2) is 14.3 Å². The molecule has 2 saturated heterocycles. The molecule has 0 radical (unpaired) electrons. The first-order valence-electron chi connectivity index (χ1n) is 18.0. The van der Waals surface area contributed by atoms with Crippen LogP contribution in [0.3, 0.4) is 0 Å². The van der Waals surface area contributed by atoms with Crippen LogP contribution in [0.4, 0.5) is 9.59 Å². The number of hydrogen-bond donors (Lipinski definition) is 3. The van der Waals surface area contributed by atoms with E-state index in [0.29, 0.717) is 32.4 Å². The summed E-state index contributed by atoms with van der Waals surface area (Å²) in [5.41, 5.74) is -0.285. The number of benzene rings is 1. The van der Waals surface area contributed by atoms with Crippen molar-refractivity contribution in [3.05, 3.63) is 35.4 Å². The fraction of sp³-hybridized carbons (Fsp3) is 0.686. The predicted octanol–water partition coefficient (Wildman–Crippen LogP) is 2.93. The Balaban J connectivity index is 1.40. The molecule has 1 aromatic carbocycles. The Hall–Kier alpha value is -3.92. The van der Waals surface area contributed by atoms with Gasteiger partial charge in [0.25, 0.3) is 5.91 Å². The van der Waals surface area contributed by atoms with Crippen molar-refractivity contribution >= 4 is 40.1 Å². The van der Waals surface area contributed by atoms with Crippen LogP contribution in [0.25, 0.3) is 0 Å². The van der Waals surface area contributed by atoms with Crippen molar-refractivity contribution in [1.82, 2.24) is 29.5 Å². The molecule has 0 aromatic heterocycles. The van der Waals surface area contributed by atoms with Gasteiger partial charge in [-0.3, -0.25) is 19.3 Å². The highest BCUT2D eigenvalue weighted by molar-refractivity contribution is 7.87. The van der Waals surface area contributed by atoms with Crippen molar-refractivity contribution in [2.45, 2.75) is 128 Å². The lowest BCUT2D eigenvalue weighted by molar-refractivity contribution is -0.141.